The lowest BCUT2D eigenvalue weighted by atomic mass is 10.4. The SMILES string of the molecule is CNCCN(C)c1ccc(F)cn1. The molecule has 0 amide bonds. The van der Waals surface area contributed by atoms with Crippen LogP contribution in [0.4, 0.5) is 10.2 Å². The van der Waals surface area contributed by atoms with E-state index in [4.69, 9.17) is 0 Å². The van der Waals surface area contributed by atoms with Gasteiger partial charge in [0.2, 0.25) is 0 Å². The van der Waals surface area contributed by atoms with E-state index in [0.29, 0.717) is 0 Å². The highest BCUT2D eigenvalue weighted by molar-refractivity contribution is 5.36. The second kappa shape index (κ2) is 4.77. The lowest BCUT2D eigenvalue weighted by molar-refractivity contribution is 0.620. The Bertz CT molecular complexity index is 248. The van der Waals surface area contributed by atoms with Crippen molar-refractivity contribution in [2.24, 2.45) is 0 Å². The first-order valence-electron chi connectivity index (χ1n) is 4.21. The van der Waals surface area contributed by atoms with E-state index >= 15 is 0 Å². The Kier molecular flexibility index (Phi) is 3.64. The summed E-state index contributed by atoms with van der Waals surface area (Å²) in [6.07, 6.45) is 1.23. The fourth-order valence-electron chi connectivity index (χ4n) is 0.988. The van der Waals surface area contributed by atoms with E-state index in [9.17, 15) is 4.39 Å². The number of halogens is 1. The average Bonchev–Trinajstić information content (AvgIpc) is 2.15. The lowest BCUT2D eigenvalue weighted by Gasteiger charge is -2.17. The number of pyridine rings is 1. The third kappa shape index (κ3) is 2.99. The van der Waals surface area contributed by atoms with Crippen LogP contribution in [0.2, 0.25) is 0 Å². The minimum atomic E-state index is -0.300. The van der Waals surface area contributed by atoms with E-state index in [1.807, 2.05) is 19.0 Å². The molecule has 1 heterocycles. The second-order valence-corrected chi connectivity index (χ2v) is 2.86. The summed E-state index contributed by atoms with van der Waals surface area (Å²) in [5, 5.41) is 3.04. The van der Waals surface area contributed by atoms with Crippen molar-refractivity contribution in [1.29, 1.82) is 0 Å². The van der Waals surface area contributed by atoms with Crippen LogP contribution in [0.15, 0.2) is 18.3 Å². The number of rotatable bonds is 4. The van der Waals surface area contributed by atoms with Gasteiger partial charge in [-0.1, -0.05) is 0 Å². The molecule has 1 N–H and O–H groups in total. The van der Waals surface area contributed by atoms with Crippen LogP contribution < -0.4 is 10.2 Å². The quantitative estimate of drug-likeness (QED) is 0.751. The van der Waals surface area contributed by atoms with E-state index in [2.05, 4.69) is 10.3 Å². The summed E-state index contributed by atoms with van der Waals surface area (Å²) in [4.78, 5) is 5.92. The molecule has 72 valence electrons. The highest BCUT2D eigenvalue weighted by Gasteiger charge is 2.00. The summed E-state index contributed by atoms with van der Waals surface area (Å²) in [5.74, 6) is 0.488. The molecule has 1 rings (SSSR count). The normalized spacial score (nSPS) is 10.1. The van der Waals surface area contributed by atoms with E-state index < -0.39 is 0 Å². The van der Waals surface area contributed by atoms with Gasteiger partial charge in [-0.15, -0.1) is 0 Å². The predicted octanol–water partition coefficient (Wildman–Crippen LogP) is 0.876. The maximum atomic E-state index is 12.5. The molecule has 0 aliphatic carbocycles. The number of hydrogen-bond donors (Lipinski definition) is 1. The Morgan fingerprint density at radius 2 is 2.31 bits per heavy atom. The van der Waals surface area contributed by atoms with Crippen LogP contribution in [0.25, 0.3) is 0 Å². The average molecular weight is 183 g/mol. The number of nitrogens with one attached hydrogen (secondary N) is 1. The molecule has 1 aromatic heterocycles. The molecule has 0 bridgehead atoms. The summed E-state index contributed by atoms with van der Waals surface area (Å²) < 4.78 is 12.5. The Labute approximate surface area is 77.6 Å². The van der Waals surface area contributed by atoms with Gasteiger partial charge in [-0.05, 0) is 19.2 Å². The largest absolute Gasteiger partial charge is 0.358 e. The maximum Gasteiger partial charge on any atom is 0.141 e. The first kappa shape index (κ1) is 9.92. The van der Waals surface area contributed by atoms with Crippen molar-refractivity contribution in [3.05, 3.63) is 24.1 Å². The zero-order valence-electron chi connectivity index (χ0n) is 7.92. The van der Waals surface area contributed by atoms with E-state index in [1.54, 1.807) is 6.07 Å². The summed E-state index contributed by atoms with van der Waals surface area (Å²) >= 11 is 0. The van der Waals surface area contributed by atoms with Crippen molar-refractivity contribution in [2.75, 3.05) is 32.1 Å². The summed E-state index contributed by atoms with van der Waals surface area (Å²) in [6.45, 7) is 1.74. The van der Waals surface area contributed by atoms with Gasteiger partial charge in [-0.25, -0.2) is 9.37 Å². The van der Waals surface area contributed by atoms with Gasteiger partial charge in [0.15, 0.2) is 0 Å². The van der Waals surface area contributed by atoms with Gasteiger partial charge in [-0.3, -0.25) is 0 Å². The van der Waals surface area contributed by atoms with Gasteiger partial charge in [0.1, 0.15) is 11.6 Å². The molecule has 3 nitrogen and oxygen atoms in total. The lowest BCUT2D eigenvalue weighted by Crippen LogP contribution is -2.27. The van der Waals surface area contributed by atoms with Crippen LogP contribution in [0.1, 0.15) is 0 Å². The molecular weight excluding hydrogens is 169 g/mol. The monoisotopic (exact) mass is 183 g/mol. The number of aromatic nitrogens is 1. The van der Waals surface area contributed by atoms with Crippen LogP contribution in [0, 0.1) is 5.82 Å². The molecular formula is C9H14FN3. The topological polar surface area (TPSA) is 28.2 Å². The first-order chi connectivity index (χ1) is 6.24. The standard InChI is InChI=1S/C9H14FN3/c1-11-5-6-13(2)9-4-3-8(10)7-12-9/h3-4,7,11H,5-6H2,1-2H3. The van der Waals surface area contributed by atoms with E-state index in [0.717, 1.165) is 18.9 Å². The second-order valence-electron chi connectivity index (χ2n) is 2.86. The predicted molar refractivity (Wildman–Crippen MR) is 51.4 cm³/mol. The Morgan fingerprint density at radius 1 is 1.54 bits per heavy atom. The molecule has 13 heavy (non-hydrogen) atoms. The summed E-state index contributed by atoms with van der Waals surface area (Å²) in [7, 11) is 3.82. The minimum absolute atomic E-state index is 0.300. The number of likely N-dealkylation sites (N-methyl/N-ethyl adjacent to an activating group) is 2. The van der Waals surface area contributed by atoms with Gasteiger partial charge in [0, 0.05) is 20.1 Å². The molecule has 1 aromatic rings. The van der Waals surface area contributed by atoms with Crippen molar-refractivity contribution >= 4 is 5.82 Å². The van der Waals surface area contributed by atoms with Crippen LogP contribution in [-0.2, 0) is 0 Å². The molecule has 0 saturated carbocycles. The van der Waals surface area contributed by atoms with Crippen molar-refractivity contribution in [3.63, 3.8) is 0 Å². The molecule has 0 atom stereocenters. The molecule has 0 spiro atoms. The minimum Gasteiger partial charge on any atom is -0.358 e. The third-order valence-corrected chi connectivity index (χ3v) is 1.80. The van der Waals surface area contributed by atoms with E-state index in [-0.39, 0.29) is 5.82 Å². The van der Waals surface area contributed by atoms with Gasteiger partial charge >= 0.3 is 0 Å². The fourth-order valence-corrected chi connectivity index (χ4v) is 0.988. The van der Waals surface area contributed by atoms with Gasteiger partial charge in [-0.2, -0.15) is 0 Å². The van der Waals surface area contributed by atoms with E-state index in [1.165, 1.54) is 12.3 Å². The number of nitrogens with zero attached hydrogens (tertiary/aromatic N) is 2. The first-order valence-corrected chi connectivity index (χ1v) is 4.21. The Hall–Kier alpha value is -1.16. The molecule has 0 saturated heterocycles. The molecule has 0 unspecified atom stereocenters. The summed E-state index contributed by atoms with van der Waals surface area (Å²) in [6, 6.07) is 3.09. The number of hydrogen-bond acceptors (Lipinski definition) is 3. The maximum absolute atomic E-state index is 12.5. The van der Waals surface area contributed by atoms with Crippen molar-refractivity contribution < 1.29 is 4.39 Å². The highest BCUT2D eigenvalue weighted by Crippen LogP contribution is 2.07. The van der Waals surface area contributed by atoms with Crippen molar-refractivity contribution in [2.45, 2.75) is 0 Å². The van der Waals surface area contributed by atoms with Crippen LogP contribution in [0.3, 0.4) is 0 Å². The van der Waals surface area contributed by atoms with Crippen molar-refractivity contribution in [3.8, 4) is 0 Å². The zero-order chi connectivity index (χ0) is 9.68. The highest BCUT2D eigenvalue weighted by atomic mass is 19.1. The van der Waals surface area contributed by atoms with Gasteiger partial charge < -0.3 is 10.2 Å². The summed E-state index contributed by atoms with van der Waals surface area (Å²) in [5.41, 5.74) is 0. The number of anilines is 1. The van der Waals surface area contributed by atoms with Gasteiger partial charge in [0.25, 0.3) is 0 Å². The molecule has 4 heteroatoms. The van der Waals surface area contributed by atoms with Crippen molar-refractivity contribution in [1.82, 2.24) is 10.3 Å². The fraction of sp³-hybridized carbons (Fsp3) is 0.444. The van der Waals surface area contributed by atoms with Crippen LogP contribution in [-0.4, -0.2) is 32.2 Å². The molecule has 0 aromatic carbocycles. The molecule has 0 aliphatic rings. The van der Waals surface area contributed by atoms with Crippen LogP contribution in [0.5, 0.6) is 0 Å². The third-order valence-electron chi connectivity index (χ3n) is 1.80. The molecule has 0 aliphatic heterocycles. The van der Waals surface area contributed by atoms with Crippen LogP contribution >= 0.6 is 0 Å². The molecule has 0 radical (unpaired) electrons. The zero-order valence-corrected chi connectivity index (χ0v) is 7.92. The Balaban J connectivity index is 2.55. The molecule has 0 fully saturated rings. The smallest absolute Gasteiger partial charge is 0.141 e. The Morgan fingerprint density at radius 3 is 2.85 bits per heavy atom. The van der Waals surface area contributed by atoms with Gasteiger partial charge in [0.05, 0.1) is 6.20 Å².